The van der Waals surface area contributed by atoms with Gasteiger partial charge in [-0.15, -0.1) is 0 Å². The Labute approximate surface area is 119 Å². The van der Waals surface area contributed by atoms with Crippen molar-refractivity contribution < 1.29 is 14.0 Å². The molecule has 1 N–H and O–H groups in total. The summed E-state index contributed by atoms with van der Waals surface area (Å²) in [7, 11) is -3.61. The Morgan fingerprint density at radius 3 is 2.05 bits per heavy atom. The van der Waals surface area contributed by atoms with Crippen LogP contribution in [-0.2, 0) is 21.7 Å². The highest BCUT2D eigenvalue weighted by Crippen LogP contribution is 2.47. The summed E-state index contributed by atoms with van der Waals surface area (Å²) in [4.78, 5) is 9.95. The van der Waals surface area contributed by atoms with Crippen LogP contribution in [0.2, 0.25) is 0 Å². The largest absolute Gasteiger partial charge is 0.332 e. The van der Waals surface area contributed by atoms with Crippen LogP contribution in [0.4, 0.5) is 0 Å². The van der Waals surface area contributed by atoms with E-state index in [1.165, 1.54) is 0 Å². The highest BCUT2D eigenvalue weighted by Gasteiger charge is 2.23. The SMILES string of the molecule is CC(Cc1ccccc1)OP(=O)(O)Cc1ccccc1. The molecule has 20 heavy (non-hydrogen) atoms. The molecular formula is C16H19O3P. The number of hydrogen-bond donors (Lipinski definition) is 1. The average Bonchev–Trinajstić information content (AvgIpc) is 2.39. The topological polar surface area (TPSA) is 46.5 Å². The second kappa shape index (κ2) is 6.85. The molecule has 2 aromatic rings. The zero-order valence-electron chi connectivity index (χ0n) is 11.5. The summed E-state index contributed by atoms with van der Waals surface area (Å²) in [5.74, 6) is 0. The van der Waals surface area contributed by atoms with Crippen LogP contribution in [0, 0.1) is 0 Å². The Morgan fingerprint density at radius 2 is 1.50 bits per heavy atom. The molecule has 3 nitrogen and oxygen atoms in total. The third-order valence-corrected chi connectivity index (χ3v) is 4.39. The number of hydrogen-bond acceptors (Lipinski definition) is 2. The van der Waals surface area contributed by atoms with Crippen molar-refractivity contribution in [1.82, 2.24) is 0 Å². The average molecular weight is 290 g/mol. The third-order valence-electron chi connectivity index (χ3n) is 2.94. The highest BCUT2D eigenvalue weighted by molar-refractivity contribution is 7.51. The van der Waals surface area contributed by atoms with Gasteiger partial charge in [-0.2, -0.15) is 0 Å². The Hall–Kier alpha value is -1.41. The first-order chi connectivity index (χ1) is 9.55. The van der Waals surface area contributed by atoms with E-state index in [0.29, 0.717) is 6.42 Å². The lowest BCUT2D eigenvalue weighted by atomic mass is 10.1. The van der Waals surface area contributed by atoms with E-state index in [0.717, 1.165) is 11.1 Å². The van der Waals surface area contributed by atoms with Gasteiger partial charge in [0.2, 0.25) is 0 Å². The molecule has 0 fully saturated rings. The zero-order valence-corrected chi connectivity index (χ0v) is 12.4. The highest BCUT2D eigenvalue weighted by atomic mass is 31.2. The lowest BCUT2D eigenvalue weighted by Crippen LogP contribution is -2.10. The van der Waals surface area contributed by atoms with Crippen molar-refractivity contribution >= 4 is 7.60 Å². The molecule has 0 aliphatic carbocycles. The number of benzene rings is 2. The van der Waals surface area contributed by atoms with E-state index >= 15 is 0 Å². The molecule has 0 saturated carbocycles. The van der Waals surface area contributed by atoms with Crippen LogP contribution in [0.3, 0.4) is 0 Å². The van der Waals surface area contributed by atoms with Gasteiger partial charge in [0, 0.05) is 0 Å². The van der Waals surface area contributed by atoms with Crippen molar-refractivity contribution in [3.8, 4) is 0 Å². The van der Waals surface area contributed by atoms with E-state index in [4.69, 9.17) is 4.52 Å². The standard InChI is InChI=1S/C16H19O3P/c1-14(12-15-8-4-2-5-9-15)19-20(17,18)13-16-10-6-3-7-11-16/h2-11,14H,12-13H2,1H3,(H,17,18). The van der Waals surface area contributed by atoms with E-state index in [1.54, 1.807) is 0 Å². The maximum atomic E-state index is 12.1. The Bertz CT molecular complexity index is 569. The summed E-state index contributed by atoms with van der Waals surface area (Å²) in [5.41, 5.74) is 1.91. The normalized spacial score (nSPS) is 15.5. The van der Waals surface area contributed by atoms with Crippen LogP contribution < -0.4 is 0 Å². The van der Waals surface area contributed by atoms with Crippen molar-refractivity contribution in [2.45, 2.75) is 25.6 Å². The van der Waals surface area contributed by atoms with Gasteiger partial charge in [-0.25, -0.2) is 0 Å². The summed E-state index contributed by atoms with van der Waals surface area (Å²) < 4.78 is 17.5. The van der Waals surface area contributed by atoms with Crippen molar-refractivity contribution in [2.24, 2.45) is 0 Å². The predicted molar refractivity (Wildman–Crippen MR) is 80.7 cm³/mol. The summed E-state index contributed by atoms with van der Waals surface area (Å²) in [6.07, 6.45) is 0.379. The third kappa shape index (κ3) is 4.93. The maximum Gasteiger partial charge on any atom is 0.332 e. The molecule has 0 aliphatic rings. The van der Waals surface area contributed by atoms with E-state index in [-0.39, 0.29) is 12.3 Å². The summed E-state index contributed by atoms with van der Waals surface area (Å²) in [6.45, 7) is 1.82. The zero-order chi connectivity index (χ0) is 14.4. The fraction of sp³-hybridized carbons (Fsp3) is 0.250. The Kier molecular flexibility index (Phi) is 5.13. The molecule has 0 aliphatic heterocycles. The minimum atomic E-state index is -3.61. The minimum absolute atomic E-state index is 0.0486. The quantitative estimate of drug-likeness (QED) is 0.817. The van der Waals surface area contributed by atoms with Gasteiger partial charge in [0.15, 0.2) is 0 Å². The lowest BCUT2D eigenvalue weighted by Gasteiger charge is -2.18. The second-order valence-corrected chi connectivity index (χ2v) is 6.69. The van der Waals surface area contributed by atoms with Gasteiger partial charge < -0.3 is 9.42 Å². The fourth-order valence-electron chi connectivity index (χ4n) is 2.12. The minimum Gasteiger partial charge on any atom is -0.324 e. The monoisotopic (exact) mass is 290 g/mol. The molecule has 0 bridgehead atoms. The molecule has 106 valence electrons. The molecule has 0 spiro atoms. The molecular weight excluding hydrogens is 271 g/mol. The van der Waals surface area contributed by atoms with Crippen LogP contribution in [0.25, 0.3) is 0 Å². The molecule has 0 amide bonds. The maximum absolute atomic E-state index is 12.1. The van der Waals surface area contributed by atoms with Crippen molar-refractivity contribution in [3.05, 3.63) is 71.8 Å². The van der Waals surface area contributed by atoms with Crippen LogP contribution in [0.5, 0.6) is 0 Å². The molecule has 2 atom stereocenters. The van der Waals surface area contributed by atoms with E-state index in [9.17, 15) is 9.46 Å². The van der Waals surface area contributed by atoms with Gasteiger partial charge in [0.25, 0.3) is 0 Å². The molecule has 0 radical (unpaired) electrons. The number of rotatable bonds is 6. The van der Waals surface area contributed by atoms with Crippen LogP contribution in [0.15, 0.2) is 60.7 Å². The summed E-state index contributed by atoms with van der Waals surface area (Å²) >= 11 is 0. The van der Waals surface area contributed by atoms with Gasteiger partial charge in [0.05, 0.1) is 12.3 Å². The first-order valence-corrected chi connectivity index (χ1v) is 8.39. The molecule has 2 aromatic carbocycles. The first kappa shape index (κ1) is 15.0. The summed E-state index contributed by atoms with van der Waals surface area (Å²) in [6, 6.07) is 19.0. The van der Waals surface area contributed by atoms with Gasteiger partial charge in [-0.05, 0) is 24.5 Å². The van der Waals surface area contributed by atoms with E-state index < -0.39 is 7.60 Å². The van der Waals surface area contributed by atoms with Crippen LogP contribution in [0.1, 0.15) is 18.1 Å². The smallest absolute Gasteiger partial charge is 0.324 e. The van der Waals surface area contributed by atoms with Crippen molar-refractivity contribution in [1.29, 1.82) is 0 Å². The first-order valence-electron chi connectivity index (χ1n) is 6.63. The molecule has 0 saturated heterocycles. The van der Waals surface area contributed by atoms with Crippen molar-refractivity contribution in [2.75, 3.05) is 0 Å². The van der Waals surface area contributed by atoms with Gasteiger partial charge in [-0.1, -0.05) is 60.7 Å². The van der Waals surface area contributed by atoms with Crippen LogP contribution in [-0.4, -0.2) is 11.0 Å². The summed E-state index contributed by atoms with van der Waals surface area (Å²) in [5, 5.41) is 0. The lowest BCUT2D eigenvalue weighted by molar-refractivity contribution is 0.188. The molecule has 0 aromatic heterocycles. The predicted octanol–water partition coefficient (Wildman–Crippen LogP) is 4.02. The van der Waals surface area contributed by atoms with E-state index in [2.05, 4.69) is 0 Å². The Morgan fingerprint density at radius 1 is 1.00 bits per heavy atom. The fourth-order valence-corrected chi connectivity index (χ4v) is 3.50. The molecule has 2 unspecified atom stereocenters. The second-order valence-electron chi connectivity index (χ2n) is 4.89. The molecule has 2 rings (SSSR count). The van der Waals surface area contributed by atoms with E-state index in [1.807, 2.05) is 67.6 Å². The molecule has 0 heterocycles. The van der Waals surface area contributed by atoms with Gasteiger partial charge in [-0.3, -0.25) is 4.57 Å². The van der Waals surface area contributed by atoms with Gasteiger partial charge >= 0.3 is 7.60 Å². The Balaban J connectivity index is 1.92. The molecule has 4 heteroatoms. The van der Waals surface area contributed by atoms with Gasteiger partial charge in [0.1, 0.15) is 0 Å². The van der Waals surface area contributed by atoms with Crippen LogP contribution >= 0.6 is 7.60 Å². The van der Waals surface area contributed by atoms with Crippen molar-refractivity contribution in [3.63, 3.8) is 0 Å².